The number of hydrogen-bond donors (Lipinski definition) is 0. The van der Waals surface area contributed by atoms with E-state index in [1.807, 2.05) is 45.0 Å². The summed E-state index contributed by atoms with van der Waals surface area (Å²) in [7, 11) is 3.17. The number of methoxy groups -OCH3 is 2. The number of aromatic nitrogens is 2. The Morgan fingerprint density at radius 1 is 1.10 bits per heavy atom. The smallest absolute Gasteiger partial charge is 0.271 e. The Morgan fingerprint density at radius 3 is 2.52 bits per heavy atom. The van der Waals surface area contributed by atoms with Gasteiger partial charge in [0.1, 0.15) is 17.5 Å². The number of aryl methyl sites for hydroxylation is 1. The summed E-state index contributed by atoms with van der Waals surface area (Å²) in [5.74, 6) is 1.02. The maximum absolute atomic E-state index is 14.2. The van der Waals surface area contributed by atoms with E-state index in [9.17, 15) is 9.59 Å². The summed E-state index contributed by atoms with van der Waals surface area (Å²) in [6, 6.07) is 12.9. The van der Waals surface area contributed by atoms with Gasteiger partial charge in [0.25, 0.3) is 11.5 Å². The lowest BCUT2D eigenvalue weighted by Crippen LogP contribution is -2.43. The van der Waals surface area contributed by atoms with Gasteiger partial charge in [0.2, 0.25) is 0 Å². The second-order valence-corrected chi connectivity index (χ2v) is 10.6. The zero-order valence-electron chi connectivity index (χ0n) is 23.7. The highest BCUT2D eigenvalue weighted by atomic mass is 32.1. The molecule has 0 radical (unpaired) electrons. The van der Waals surface area contributed by atoms with Crippen molar-refractivity contribution in [2.75, 3.05) is 27.3 Å². The number of para-hydroxylation sites is 1. The Kier molecular flexibility index (Phi) is 7.67. The minimum atomic E-state index is -0.728. The van der Waals surface area contributed by atoms with Crippen molar-refractivity contribution in [3.63, 3.8) is 0 Å². The molecule has 1 aliphatic rings. The second kappa shape index (κ2) is 11.2. The van der Waals surface area contributed by atoms with Crippen LogP contribution in [0.2, 0.25) is 0 Å². The Morgan fingerprint density at radius 2 is 1.85 bits per heavy atom. The highest BCUT2D eigenvalue weighted by Gasteiger charge is 2.36. The third-order valence-electron chi connectivity index (χ3n) is 7.48. The lowest BCUT2D eigenvalue weighted by molar-refractivity contribution is -0.127. The van der Waals surface area contributed by atoms with Gasteiger partial charge >= 0.3 is 0 Å². The van der Waals surface area contributed by atoms with E-state index in [1.54, 1.807) is 35.8 Å². The van der Waals surface area contributed by atoms with Crippen LogP contribution in [0.5, 0.6) is 11.5 Å². The standard InChI is InChI=1S/C31H34N4O4S/c1-7-33(8-2)30(37)27-19(4)32-31-35(28(27)23-17-21(38-5)14-15-25(23)39-6)29(36)26(40-31)16-20-18-34(9-3)24-13-11-10-12-22(20)24/h10-18,28H,7-9H2,1-6H3/b26-16-. The zero-order valence-corrected chi connectivity index (χ0v) is 24.5. The molecule has 5 rings (SSSR count). The predicted molar refractivity (Wildman–Crippen MR) is 159 cm³/mol. The highest BCUT2D eigenvalue weighted by molar-refractivity contribution is 7.07. The molecular formula is C31H34N4O4S. The van der Waals surface area contributed by atoms with E-state index >= 15 is 0 Å². The number of likely N-dealkylation sites (N-methyl/N-ethyl adjacent to an activating group) is 1. The molecule has 1 amide bonds. The van der Waals surface area contributed by atoms with Gasteiger partial charge in [-0.1, -0.05) is 29.5 Å². The van der Waals surface area contributed by atoms with Crippen LogP contribution in [0.3, 0.4) is 0 Å². The Hall–Kier alpha value is -4.11. The topological polar surface area (TPSA) is 78.1 Å². The summed E-state index contributed by atoms with van der Waals surface area (Å²) in [6.45, 7) is 9.73. The molecule has 0 spiro atoms. The minimum absolute atomic E-state index is 0.151. The molecule has 0 bridgehead atoms. The first kappa shape index (κ1) is 27.5. The highest BCUT2D eigenvalue weighted by Crippen LogP contribution is 2.38. The molecule has 0 fully saturated rings. The molecule has 1 atom stereocenters. The van der Waals surface area contributed by atoms with E-state index < -0.39 is 6.04 Å². The number of amides is 1. The molecule has 0 aliphatic carbocycles. The van der Waals surface area contributed by atoms with Crippen LogP contribution in [0, 0.1) is 0 Å². The van der Waals surface area contributed by atoms with Crippen LogP contribution in [0.4, 0.5) is 0 Å². The average molecular weight is 559 g/mol. The molecule has 9 heteroatoms. The summed E-state index contributed by atoms with van der Waals surface area (Å²) < 4.78 is 15.6. The van der Waals surface area contributed by atoms with Crippen molar-refractivity contribution in [1.82, 2.24) is 14.0 Å². The molecule has 1 aliphatic heterocycles. The van der Waals surface area contributed by atoms with Gasteiger partial charge in [-0.2, -0.15) is 0 Å². The fourth-order valence-corrected chi connectivity index (χ4v) is 6.45. The van der Waals surface area contributed by atoms with Gasteiger partial charge in [-0.05, 0) is 58.0 Å². The van der Waals surface area contributed by atoms with Gasteiger partial charge in [0.15, 0.2) is 4.80 Å². The SMILES string of the molecule is CCN(CC)C(=O)C1=C(C)N=c2s/c(=C\c3cn(CC)c4ccccc34)c(=O)n2C1c1cc(OC)ccc1OC. The van der Waals surface area contributed by atoms with Crippen LogP contribution in [-0.2, 0) is 11.3 Å². The van der Waals surface area contributed by atoms with Crippen molar-refractivity contribution >= 4 is 34.2 Å². The predicted octanol–water partition coefficient (Wildman–Crippen LogP) is 4.10. The van der Waals surface area contributed by atoms with Gasteiger partial charge in [0, 0.05) is 47.9 Å². The van der Waals surface area contributed by atoms with Crippen LogP contribution in [0.1, 0.15) is 44.9 Å². The fraction of sp³-hybridized carbons (Fsp3) is 0.323. The minimum Gasteiger partial charge on any atom is -0.497 e. The number of nitrogens with zero attached hydrogens (tertiary/aromatic N) is 4. The molecular weight excluding hydrogens is 524 g/mol. The third-order valence-corrected chi connectivity index (χ3v) is 8.46. The second-order valence-electron chi connectivity index (χ2n) is 9.55. The van der Waals surface area contributed by atoms with Gasteiger partial charge in [-0.15, -0.1) is 0 Å². The lowest BCUT2D eigenvalue weighted by Gasteiger charge is -2.30. The first-order chi connectivity index (χ1) is 19.4. The largest absolute Gasteiger partial charge is 0.497 e. The molecule has 8 nitrogen and oxygen atoms in total. The Labute approximate surface area is 237 Å². The Balaban J connectivity index is 1.80. The van der Waals surface area contributed by atoms with Crippen molar-refractivity contribution < 1.29 is 14.3 Å². The average Bonchev–Trinajstić information content (AvgIpc) is 3.48. The van der Waals surface area contributed by atoms with Crippen molar-refractivity contribution in [3.05, 3.63) is 90.7 Å². The quantitative estimate of drug-likeness (QED) is 0.326. The summed E-state index contributed by atoms with van der Waals surface area (Å²) in [5, 5.41) is 1.08. The van der Waals surface area contributed by atoms with Crippen molar-refractivity contribution in [2.45, 2.75) is 40.3 Å². The number of benzene rings is 2. The number of ether oxygens (including phenoxy) is 2. The van der Waals surface area contributed by atoms with E-state index in [1.165, 1.54) is 11.3 Å². The summed E-state index contributed by atoms with van der Waals surface area (Å²) in [4.78, 5) is 35.2. The Bertz CT molecular complexity index is 1810. The molecule has 3 heterocycles. The van der Waals surface area contributed by atoms with Gasteiger partial charge in [-0.3, -0.25) is 14.2 Å². The lowest BCUT2D eigenvalue weighted by atomic mass is 9.93. The molecule has 0 N–H and O–H groups in total. The van der Waals surface area contributed by atoms with Crippen LogP contribution in [0.15, 0.2) is 69.7 Å². The fourth-order valence-electron chi connectivity index (χ4n) is 5.42. The number of thiazole rings is 1. The molecule has 2 aromatic heterocycles. The first-order valence-corrected chi connectivity index (χ1v) is 14.3. The van der Waals surface area contributed by atoms with E-state index in [0.717, 1.165) is 23.0 Å². The van der Waals surface area contributed by atoms with Crippen molar-refractivity contribution in [1.29, 1.82) is 0 Å². The zero-order chi connectivity index (χ0) is 28.6. The van der Waals surface area contributed by atoms with E-state index in [2.05, 4.69) is 29.8 Å². The molecule has 0 saturated heterocycles. The van der Waals surface area contributed by atoms with Crippen molar-refractivity contribution in [2.24, 2.45) is 4.99 Å². The van der Waals surface area contributed by atoms with E-state index in [-0.39, 0.29) is 11.5 Å². The van der Waals surface area contributed by atoms with Crippen molar-refractivity contribution in [3.8, 4) is 11.5 Å². The van der Waals surface area contributed by atoms with Gasteiger partial charge < -0.3 is 18.9 Å². The number of allylic oxidation sites excluding steroid dienone is 1. The number of fused-ring (bicyclic) bond motifs is 2. The van der Waals surface area contributed by atoms with Gasteiger partial charge in [0.05, 0.1) is 30.0 Å². The van der Waals surface area contributed by atoms with Crippen LogP contribution >= 0.6 is 11.3 Å². The number of hydrogen-bond acceptors (Lipinski definition) is 6. The van der Waals surface area contributed by atoms with Crippen LogP contribution in [0.25, 0.3) is 17.0 Å². The summed E-state index contributed by atoms with van der Waals surface area (Å²) >= 11 is 1.33. The number of carbonyl (C=O) groups excluding carboxylic acids is 1. The normalized spacial score (nSPS) is 15.2. The maximum atomic E-state index is 14.2. The number of rotatable bonds is 8. The van der Waals surface area contributed by atoms with E-state index in [4.69, 9.17) is 14.5 Å². The first-order valence-electron chi connectivity index (χ1n) is 13.5. The van der Waals surface area contributed by atoms with Crippen LogP contribution < -0.4 is 24.4 Å². The van der Waals surface area contributed by atoms with Gasteiger partial charge in [-0.25, -0.2) is 4.99 Å². The molecule has 0 saturated carbocycles. The molecule has 208 valence electrons. The summed E-state index contributed by atoms with van der Waals surface area (Å²) in [5.41, 5.74) is 3.59. The molecule has 1 unspecified atom stereocenters. The monoisotopic (exact) mass is 558 g/mol. The van der Waals surface area contributed by atoms with Crippen LogP contribution in [-0.4, -0.2) is 47.3 Å². The molecule has 4 aromatic rings. The number of carbonyl (C=O) groups is 1. The van der Waals surface area contributed by atoms with E-state index in [0.29, 0.717) is 50.8 Å². The third kappa shape index (κ3) is 4.54. The molecule has 40 heavy (non-hydrogen) atoms. The molecule has 2 aromatic carbocycles. The summed E-state index contributed by atoms with van der Waals surface area (Å²) in [6.07, 6.45) is 4.01. The maximum Gasteiger partial charge on any atom is 0.271 e.